The molecule has 45 heavy (non-hydrogen) atoms. The molecule has 1 aliphatic rings. The number of rotatable bonds is 28. The van der Waals surface area contributed by atoms with Crippen LogP contribution in [0.25, 0.3) is 0 Å². The van der Waals surface area contributed by atoms with E-state index in [-0.39, 0.29) is 12.8 Å². The van der Waals surface area contributed by atoms with E-state index in [0.29, 0.717) is 52.1 Å². The van der Waals surface area contributed by atoms with Gasteiger partial charge < -0.3 is 33.5 Å². The fraction of sp³-hybridized carbons (Fsp3) is 0.935. The number of carbonyl (C=O) groups excluding carboxylic acids is 2. The van der Waals surface area contributed by atoms with Crippen LogP contribution in [0.15, 0.2) is 0 Å². The molecule has 1 fully saturated rings. The molecule has 0 aliphatic carbocycles. The molecule has 1 heterocycles. The molecule has 0 unspecified atom stereocenters. The normalized spacial score (nSPS) is 21.9. The Morgan fingerprint density at radius 3 is 1.53 bits per heavy atom. The van der Waals surface area contributed by atoms with Gasteiger partial charge in [0.05, 0.1) is 6.61 Å². The third-order valence-corrected chi connectivity index (χ3v) is 7.86. The lowest BCUT2D eigenvalue weighted by Crippen LogP contribution is -2.62. The van der Waals surface area contributed by atoms with E-state index in [2.05, 4.69) is 13.8 Å². The second kappa shape index (κ2) is 25.7. The summed E-state index contributed by atoms with van der Waals surface area (Å²) in [6, 6.07) is 0. The average Bonchev–Trinajstić information content (AvgIpc) is 3.00. The van der Waals surface area contributed by atoms with E-state index in [1.54, 1.807) is 0 Å². The minimum absolute atomic E-state index is 0.0132. The summed E-state index contributed by atoms with van der Waals surface area (Å²) in [6.07, 6.45) is 6.12. The van der Waals surface area contributed by atoms with Crippen molar-refractivity contribution in [3.05, 3.63) is 0 Å². The number of methoxy groups -OCH3 is 1. The van der Waals surface area contributed by atoms with Crippen molar-refractivity contribution in [1.82, 2.24) is 0 Å². The summed E-state index contributed by atoms with van der Waals surface area (Å²) >= 11 is 0. The Bertz CT molecular complexity index is 870. The van der Waals surface area contributed by atoms with Crippen molar-refractivity contribution in [2.75, 3.05) is 40.1 Å². The standard InChI is InChI=1S/C31H58O13S/c1-4-6-8-10-14-20-39-22-16-12-18-26(33)42-29-28(44-45(35,36)37)25(24-32)41-31(38-3)30(29)43-27(34)19-13-17-23-40-21-15-11-9-7-5-2/h25,28-32H,4-24H2,1-3H3,(H,35,36,37)/t25-,28-,29+,30-,31+/m1/s1. The third kappa shape index (κ3) is 19.8. The molecular weight excluding hydrogens is 612 g/mol. The molecule has 1 saturated heterocycles. The summed E-state index contributed by atoms with van der Waals surface area (Å²) in [5.41, 5.74) is 0. The summed E-state index contributed by atoms with van der Waals surface area (Å²) in [6.45, 7) is 5.88. The lowest BCUT2D eigenvalue weighted by molar-refractivity contribution is -0.296. The van der Waals surface area contributed by atoms with E-state index in [9.17, 15) is 27.7 Å². The van der Waals surface area contributed by atoms with Gasteiger partial charge in [-0.15, -0.1) is 0 Å². The van der Waals surface area contributed by atoms with Crippen molar-refractivity contribution < 1.29 is 60.3 Å². The van der Waals surface area contributed by atoms with Gasteiger partial charge in [-0.1, -0.05) is 65.2 Å². The minimum Gasteiger partial charge on any atom is -0.455 e. The fourth-order valence-corrected chi connectivity index (χ4v) is 5.43. The maximum Gasteiger partial charge on any atom is 0.397 e. The van der Waals surface area contributed by atoms with E-state index >= 15 is 0 Å². The van der Waals surface area contributed by atoms with Gasteiger partial charge in [-0.2, -0.15) is 8.42 Å². The molecule has 0 aromatic heterocycles. The number of hydrogen-bond donors (Lipinski definition) is 2. The molecule has 0 aromatic carbocycles. The van der Waals surface area contributed by atoms with Gasteiger partial charge >= 0.3 is 22.3 Å². The Labute approximate surface area is 269 Å². The molecular formula is C31H58O13S. The molecule has 0 saturated carbocycles. The zero-order valence-corrected chi connectivity index (χ0v) is 28.3. The molecule has 0 amide bonds. The minimum atomic E-state index is -5.08. The van der Waals surface area contributed by atoms with Gasteiger partial charge in [0.2, 0.25) is 0 Å². The van der Waals surface area contributed by atoms with Crippen LogP contribution < -0.4 is 0 Å². The van der Waals surface area contributed by atoms with Crippen LogP contribution in [0.4, 0.5) is 0 Å². The number of ether oxygens (including phenoxy) is 6. The number of hydrogen-bond acceptors (Lipinski definition) is 12. The molecule has 0 bridgehead atoms. The maximum atomic E-state index is 12.8. The van der Waals surface area contributed by atoms with Crippen molar-refractivity contribution in [2.45, 2.75) is 147 Å². The molecule has 266 valence electrons. The highest BCUT2D eigenvalue weighted by atomic mass is 32.3. The van der Waals surface area contributed by atoms with Gasteiger partial charge in [0.25, 0.3) is 0 Å². The zero-order chi connectivity index (χ0) is 33.3. The fourth-order valence-electron chi connectivity index (χ4n) is 4.92. The van der Waals surface area contributed by atoms with Crippen LogP contribution in [-0.4, -0.2) is 101 Å². The largest absolute Gasteiger partial charge is 0.455 e. The molecule has 14 heteroatoms. The SMILES string of the molecule is CCCCCCCOCCCCC(=O)O[C@@H]1[C@@H](OC(=O)CCCCOCCCCCCC)[C@@H](OC)O[C@H](CO)[C@H]1OS(=O)(=O)O. The topological polar surface area (TPSA) is 173 Å². The van der Waals surface area contributed by atoms with Crippen LogP contribution in [0.1, 0.15) is 117 Å². The first-order valence-corrected chi connectivity index (χ1v) is 18.0. The van der Waals surface area contributed by atoms with Gasteiger partial charge in [0.1, 0.15) is 12.2 Å². The average molecular weight is 671 g/mol. The highest BCUT2D eigenvalue weighted by Gasteiger charge is 2.52. The Morgan fingerprint density at radius 2 is 1.11 bits per heavy atom. The second-order valence-electron chi connectivity index (χ2n) is 11.3. The molecule has 5 atom stereocenters. The van der Waals surface area contributed by atoms with Crippen molar-refractivity contribution in [2.24, 2.45) is 0 Å². The number of carbonyl (C=O) groups is 2. The molecule has 13 nitrogen and oxygen atoms in total. The molecule has 0 spiro atoms. The van der Waals surface area contributed by atoms with Gasteiger partial charge in [0, 0.05) is 46.4 Å². The van der Waals surface area contributed by atoms with Crippen LogP contribution in [0.3, 0.4) is 0 Å². The highest BCUT2D eigenvalue weighted by Crippen LogP contribution is 2.30. The van der Waals surface area contributed by atoms with Crippen molar-refractivity contribution in [3.8, 4) is 0 Å². The van der Waals surface area contributed by atoms with E-state index in [4.69, 9.17) is 32.6 Å². The van der Waals surface area contributed by atoms with Gasteiger partial charge in [-0.25, -0.2) is 4.18 Å². The quantitative estimate of drug-likeness (QED) is 0.0668. The molecule has 0 radical (unpaired) electrons. The van der Waals surface area contributed by atoms with E-state index in [1.807, 2.05) is 0 Å². The number of unbranched alkanes of at least 4 members (excludes halogenated alkanes) is 10. The predicted molar refractivity (Wildman–Crippen MR) is 166 cm³/mol. The predicted octanol–water partition coefficient (Wildman–Crippen LogP) is 4.68. The summed E-state index contributed by atoms with van der Waals surface area (Å²) in [7, 11) is -3.82. The Morgan fingerprint density at radius 1 is 0.667 bits per heavy atom. The molecule has 1 rings (SSSR count). The monoisotopic (exact) mass is 670 g/mol. The summed E-state index contributed by atoms with van der Waals surface area (Å²) in [4.78, 5) is 25.6. The van der Waals surface area contributed by atoms with Crippen LogP contribution >= 0.6 is 0 Å². The molecule has 0 aromatic rings. The maximum absolute atomic E-state index is 12.8. The summed E-state index contributed by atoms with van der Waals surface area (Å²) in [5, 5.41) is 9.84. The van der Waals surface area contributed by atoms with Gasteiger partial charge in [-0.3, -0.25) is 14.1 Å². The second-order valence-corrected chi connectivity index (χ2v) is 12.4. The number of esters is 2. The first-order valence-electron chi connectivity index (χ1n) is 16.7. The lowest BCUT2D eigenvalue weighted by atomic mass is 9.98. The Balaban J connectivity index is 2.69. The van der Waals surface area contributed by atoms with E-state index < -0.39 is 59.7 Å². The molecule has 1 aliphatic heterocycles. The smallest absolute Gasteiger partial charge is 0.397 e. The Hall–Kier alpha value is -1.39. The summed E-state index contributed by atoms with van der Waals surface area (Å²) < 4.78 is 70.7. The van der Waals surface area contributed by atoms with Crippen molar-refractivity contribution in [3.63, 3.8) is 0 Å². The highest BCUT2D eigenvalue weighted by molar-refractivity contribution is 7.80. The Kier molecular flexibility index (Phi) is 23.7. The van der Waals surface area contributed by atoms with Crippen LogP contribution in [-0.2, 0) is 52.6 Å². The van der Waals surface area contributed by atoms with E-state index in [0.717, 1.165) is 25.7 Å². The van der Waals surface area contributed by atoms with Crippen molar-refractivity contribution >= 4 is 22.3 Å². The number of aliphatic hydroxyl groups is 1. The van der Waals surface area contributed by atoms with Gasteiger partial charge in [-0.05, 0) is 38.5 Å². The van der Waals surface area contributed by atoms with Crippen LogP contribution in [0.2, 0.25) is 0 Å². The summed E-state index contributed by atoms with van der Waals surface area (Å²) in [5.74, 6) is -1.38. The van der Waals surface area contributed by atoms with Crippen LogP contribution in [0.5, 0.6) is 0 Å². The third-order valence-electron chi connectivity index (χ3n) is 7.39. The van der Waals surface area contributed by atoms with Gasteiger partial charge in [0.15, 0.2) is 18.5 Å². The number of aliphatic hydroxyl groups excluding tert-OH is 1. The van der Waals surface area contributed by atoms with Crippen molar-refractivity contribution in [1.29, 1.82) is 0 Å². The first-order chi connectivity index (χ1) is 21.7. The van der Waals surface area contributed by atoms with E-state index in [1.165, 1.54) is 45.6 Å². The zero-order valence-electron chi connectivity index (χ0n) is 27.5. The van der Waals surface area contributed by atoms with Crippen LogP contribution in [0, 0.1) is 0 Å². The first kappa shape index (κ1) is 41.6. The molecule has 2 N–H and O–H groups in total. The lowest BCUT2D eigenvalue weighted by Gasteiger charge is -2.43.